The molecule has 0 aromatic heterocycles. The van der Waals surface area contributed by atoms with Gasteiger partial charge in [0.25, 0.3) is 0 Å². The van der Waals surface area contributed by atoms with E-state index in [1.165, 1.54) is 6.92 Å². The molecule has 0 aliphatic carbocycles. The Morgan fingerprint density at radius 2 is 1.06 bits per heavy atom. The first-order valence-corrected chi connectivity index (χ1v) is 10.8. The summed E-state index contributed by atoms with van der Waals surface area (Å²) in [5.41, 5.74) is 1.35. The van der Waals surface area contributed by atoms with Gasteiger partial charge in [-0.25, -0.2) is 0 Å². The Morgan fingerprint density at radius 3 is 1.42 bits per heavy atom. The molecule has 0 fully saturated rings. The predicted molar refractivity (Wildman–Crippen MR) is 124 cm³/mol. The topological polar surface area (TPSA) is 122 Å². The van der Waals surface area contributed by atoms with E-state index in [2.05, 4.69) is 5.32 Å². The summed E-state index contributed by atoms with van der Waals surface area (Å²) in [6, 6.07) is 28.6. The molecule has 2 unspecified atom stereocenters. The third-order valence-corrected chi connectivity index (χ3v) is 5.49. The normalized spacial score (nSPS) is 16.5. The van der Waals surface area contributed by atoms with E-state index in [0.29, 0.717) is 0 Å². The second-order valence-corrected chi connectivity index (χ2v) is 7.93. The van der Waals surface area contributed by atoms with E-state index in [1.807, 2.05) is 91.0 Å². The van der Waals surface area contributed by atoms with Gasteiger partial charge in [-0.15, -0.1) is 0 Å². The maximum Gasteiger partial charge on any atom is 0.143 e. The predicted octanol–water partition coefficient (Wildman–Crippen LogP) is 1.32. The molecular weight excluding hydrogens is 422 g/mol. The second kappa shape index (κ2) is 11.5. The van der Waals surface area contributed by atoms with Crippen LogP contribution in [-0.4, -0.2) is 62.9 Å². The van der Waals surface area contributed by atoms with Crippen LogP contribution in [0.25, 0.3) is 0 Å². The molecule has 6 N–H and O–H groups in total. The number of nitrogens with one attached hydrogen (secondary N) is 1. The molecule has 0 spiro atoms. The minimum atomic E-state index is -1.75. The molecule has 3 aromatic rings. The van der Waals surface area contributed by atoms with Crippen LogP contribution < -0.4 is 5.32 Å². The van der Waals surface area contributed by atoms with Gasteiger partial charge >= 0.3 is 0 Å². The molecule has 0 saturated heterocycles. The molecule has 0 saturated carbocycles. The van der Waals surface area contributed by atoms with Crippen molar-refractivity contribution in [2.45, 2.75) is 43.3 Å². The highest BCUT2D eigenvalue weighted by atomic mass is 16.5. The van der Waals surface area contributed by atoms with Crippen LogP contribution in [0.2, 0.25) is 0 Å². The Morgan fingerprint density at radius 1 is 0.667 bits per heavy atom. The number of ether oxygens (including phenoxy) is 1. The van der Waals surface area contributed by atoms with Crippen molar-refractivity contribution in [1.82, 2.24) is 5.32 Å². The smallest absolute Gasteiger partial charge is 0.143 e. The fraction of sp³-hybridized carbons (Fsp3) is 0.308. The van der Waals surface area contributed by atoms with Crippen LogP contribution in [0.15, 0.2) is 91.0 Å². The summed E-state index contributed by atoms with van der Waals surface area (Å²) < 4.78 is 6.41. The van der Waals surface area contributed by atoms with Gasteiger partial charge in [0, 0.05) is 0 Å². The lowest BCUT2D eigenvalue weighted by Gasteiger charge is -2.37. The quantitative estimate of drug-likeness (QED) is 0.191. The molecule has 0 amide bonds. The Hall–Kier alpha value is -2.62. The van der Waals surface area contributed by atoms with Crippen molar-refractivity contribution < 1.29 is 30.3 Å². The summed E-state index contributed by atoms with van der Waals surface area (Å²) in [6.07, 6.45) is -7.76. The third kappa shape index (κ3) is 5.85. The lowest BCUT2D eigenvalue weighted by molar-refractivity contribution is -0.145. The van der Waals surface area contributed by atoms with Crippen LogP contribution in [0.5, 0.6) is 0 Å². The van der Waals surface area contributed by atoms with E-state index >= 15 is 0 Å². The summed E-state index contributed by atoms with van der Waals surface area (Å²) >= 11 is 0. The highest BCUT2D eigenvalue weighted by Crippen LogP contribution is 2.40. The van der Waals surface area contributed by atoms with Gasteiger partial charge < -0.3 is 30.3 Å². The van der Waals surface area contributed by atoms with Gasteiger partial charge in [-0.3, -0.25) is 5.32 Å². The van der Waals surface area contributed by atoms with Gasteiger partial charge in [0.05, 0.1) is 6.61 Å². The zero-order valence-electron chi connectivity index (χ0n) is 18.4. The Balaban J connectivity index is 1.96. The van der Waals surface area contributed by atoms with Crippen molar-refractivity contribution in [3.63, 3.8) is 0 Å². The molecule has 0 bridgehead atoms. The third-order valence-electron chi connectivity index (χ3n) is 5.49. The molecule has 0 aliphatic rings. The SMILES string of the molecule is CC(O)N[C@H](O)C(O)[C@H](O)[C@H](O)COC(c1ccccc1)(c1ccccc1)c1ccccc1. The molecular formula is C26H31NO6. The molecule has 5 atom stereocenters. The summed E-state index contributed by atoms with van der Waals surface area (Å²) in [4.78, 5) is 0. The fourth-order valence-corrected chi connectivity index (χ4v) is 3.84. The van der Waals surface area contributed by atoms with Crippen molar-refractivity contribution in [2.24, 2.45) is 0 Å². The first-order valence-electron chi connectivity index (χ1n) is 10.8. The lowest BCUT2D eigenvalue weighted by Crippen LogP contribution is -2.53. The number of hydrogen-bond acceptors (Lipinski definition) is 7. The van der Waals surface area contributed by atoms with Gasteiger partial charge in [-0.05, 0) is 23.6 Å². The van der Waals surface area contributed by atoms with Crippen LogP contribution in [0, 0.1) is 0 Å². The Bertz CT molecular complexity index is 858. The molecule has 7 nitrogen and oxygen atoms in total. The van der Waals surface area contributed by atoms with Gasteiger partial charge in [-0.2, -0.15) is 0 Å². The van der Waals surface area contributed by atoms with Crippen molar-refractivity contribution in [2.75, 3.05) is 6.61 Å². The molecule has 0 heterocycles. The van der Waals surface area contributed by atoms with E-state index in [9.17, 15) is 25.5 Å². The van der Waals surface area contributed by atoms with E-state index in [0.717, 1.165) is 16.7 Å². The molecule has 3 aromatic carbocycles. The number of aliphatic hydroxyl groups is 5. The maximum absolute atomic E-state index is 10.6. The molecule has 0 radical (unpaired) electrons. The molecule has 3 rings (SSSR count). The van der Waals surface area contributed by atoms with Crippen molar-refractivity contribution >= 4 is 0 Å². The summed E-state index contributed by atoms with van der Waals surface area (Å²) in [5, 5.41) is 52.8. The fourth-order valence-electron chi connectivity index (χ4n) is 3.84. The zero-order valence-corrected chi connectivity index (χ0v) is 18.4. The summed E-state index contributed by atoms with van der Waals surface area (Å²) in [7, 11) is 0. The van der Waals surface area contributed by atoms with E-state index in [4.69, 9.17) is 4.74 Å². The highest BCUT2D eigenvalue weighted by Gasteiger charge is 2.39. The average molecular weight is 454 g/mol. The number of aliphatic hydroxyl groups excluding tert-OH is 5. The molecule has 0 aliphatic heterocycles. The first kappa shape index (κ1) is 25.0. The monoisotopic (exact) mass is 453 g/mol. The van der Waals surface area contributed by atoms with Crippen LogP contribution in [0.3, 0.4) is 0 Å². The van der Waals surface area contributed by atoms with Crippen LogP contribution in [0.1, 0.15) is 23.6 Å². The van der Waals surface area contributed by atoms with Gasteiger partial charge in [0.15, 0.2) is 0 Å². The van der Waals surface area contributed by atoms with Gasteiger partial charge in [-0.1, -0.05) is 91.0 Å². The van der Waals surface area contributed by atoms with Crippen molar-refractivity contribution in [3.8, 4) is 0 Å². The number of rotatable bonds is 11. The number of benzene rings is 3. The van der Waals surface area contributed by atoms with Crippen LogP contribution in [-0.2, 0) is 10.3 Å². The second-order valence-electron chi connectivity index (χ2n) is 7.93. The highest BCUT2D eigenvalue weighted by molar-refractivity contribution is 5.47. The standard InChI is InChI=1S/C26H31NO6/c1-18(28)27-25(32)24(31)23(30)22(29)17-33-26(19-11-5-2-6-12-19,20-13-7-3-8-14-20)21-15-9-4-10-16-21/h2-16,18,22-25,27-32H,17H2,1H3/t18?,22-,23-,24?,25-/m1/s1. The largest absolute Gasteiger partial charge is 0.388 e. The summed E-state index contributed by atoms with van der Waals surface area (Å²) in [6.45, 7) is 1.01. The van der Waals surface area contributed by atoms with E-state index in [1.54, 1.807) is 0 Å². The molecule has 176 valence electrons. The molecule has 7 heteroatoms. The van der Waals surface area contributed by atoms with E-state index in [-0.39, 0.29) is 6.61 Å². The van der Waals surface area contributed by atoms with Crippen LogP contribution >= 0.6 is 0 Å². The van der Waals surface area contributed by atoms with Gasteiger partial charge in [0.1, 0.15) is 36.4 Å². The van der Waals surface area contributed by atoms with Gasteiger partial charge in [0.2, 0.25) is 0 Å². The minimum Gasteiger partial charge on any atom is -0.388 e. The average Bonchev–Trinajstić information content (AvgIpc) is 2.85. The Kier molecular flexibility index (Phi) is 8.71. The minimum absolute atomic E-state index is 0.349. The number of hydrogen-bond donors (Lipinski definition) is 6. The summed E-state index contributed by atoms with van der Waals surface area (Å²) in [5.74, 6) is 0. The van der Waals surface area contributed by atoms with Crippen molar-refractivity contribution in [3.05, 3.63) is 108 Å². The zero-order chi connectivity index (χ0) is 23.8. The van der Waals surface area contributed by atoms with Crippen molar-refractivity contribution in [1.29, 1.82) is 0 Å². The van der Waals surface area contributed by atoms with Crippen LogP contribution in [0.4, 0.5) is 0 Å². The molecule has 33 heavy (non-hydrogen) atoms. The van der Waals surface area contributed by atoms with E-state index < -0.39 is 36.4 Å². The maximum atomic E-state index is 10.6. The lowest BCUT2D eigenvalue weighted by atomic mass is 9.80. The first-order chi connectivity index (χ1) is 15.9. The Labute approximate surface area is 193 Å².